The van der Waals surface area contributed by atoms with Crippen LogP contribution < -0.4 is 5.32 Å². The van der Waals surface area contributed by atoms with E-state index in [1.54, 1.807) is 4.90 Å². The van der Waals surface area contributed by atoms with Crippen LogP contribution in [0.2, 0.25) is 0 Å². The van der Waals surface area contributed by atoms with Crippen LogP contribution in [-0.4, -0.2) is 47.6 Å². The molecule has 1 fully saturated rings. The highest BCUT2D eigenvalue weighted by molar-refractivity contribution is 5.80. The smallest absolute Gasteiger partial charge is 0.321 e. The van der Waals surface area contributed by atoms with Gasteiger partial charge in [0.05, 0.1) is 6.54 Å². The summed E-state index contributed by atoms with van der Waals surface area (Å²) < 4.78 is 0. The molecule has 1 aromatic rings. The molecule has 1 amide bonds. The summed E-state index contributed by atoms with van der Waals surface area (Å²) >= 11 is 0. The summed E-state index contributed by atoms with van der Waals surface area (Å²) in [4.78, 5) is 24.9. The third-order valence-corrected chi connectivity index (χ3v) is 3.98. The van der Waals surface area contributed by atoms with Gasteiger partial charge in [-0.25, -0.2) is 0 Å². The van der Waals surface area contributed by atoms with Gasteiger partial charge in [0.25, 0.3) is 0 Å². The van der Waals surface area contributed by atoms with Crippen LogP contribution in [0.5, 0.6) is 0 Å². The summed E-state index contributed by atoms with van der Waals surface area (Å²) in [6.07, 6.45) is 1.61. The molecule has 114 valence electrons. The summed E-state index contributed by atoms with van der Waals surface area (Å²) in [5.41, 5.74) is 1.18. The van der Waals surface area contributed by atoms with Crippen molar-refractivity contribution in [2.45, 2.75) is 25.8 Å². The molecule has 1 saturated heterocycles. The van der Waals surface area contributed by atoms with Crippen LogP contribution in [-0.2, 0) is 16.0 Å². The zero-order chi connectivity index (χ0) is 15.2. The van der Waals surface area contributed by atoms with Crippen LogP contribution in [0.15, 0.2) is 30.3 Å². The average Bonchev–Trinajstić information content (AvgIpc) is 2.81. The van der Waals surface area contributed by atoms with Crippen LogP contribution >= 0.6 is 0 Å². The van der Waals surface area contributed by atoms with Gasteiger partial charge in [0.1, 0.15) is 6.04 Å². The fourth-order valence-corrected chi connectivity index (χ4v) is 2.83. The highest BCUT2D eigenvalue weighted by Gasteiger charge is 2.37. The van der Waals surface area contributed by atoms with E-state index in [4.69, 9.17) is 0 Å². The Morgan fingerprint density at radius 3 is 2.71 bits per heavy atom. The number of carboxylic acids is 1. The van der Waals surface area contributed by atoms with Crippen LogP contribution in [0.3, 0.4) is 0 Å². The van der Waals surface area contributed by atoms with E-state index in [1.807, 2.05) is 37.3 Å². The van der Waals surface area contributed by atoms with Crippen molar-refractivity contribution in [1.82, 2.24) is 10.2 Å². The number of amides is 1. The molecule has 0 aliphatic carbocycles. The van der Waals surface area contributed by atoms with Crippen LogP contribution in [0, 0.1) is 5.92 Å². The average molecular weight is 290 g/mol. The van der Waals surface area contributed by atoms with Crippen molar-refractivity contribution in [3.63, 3.8) is 0 Å². The van der Waals surface area contributed by atoms with E-state index in [0.29, 0.717) is 13.1 Å². The molecule has 1 aliphatic heterocycles. The summed E-state index contributed by atoms with van der Waals surface area (Å²) in [6.45, 7) is 3.33. The summed E-state index contributed by atoms with van der Waals surface area (Å²) in [5.74, 6) is -0.844. The number of nitrogens with one attached hydrogen (secondary N) is 1. The van der Waals surface area contributed by atoms with Gasteiger partial charge in [0.15, 0.2) is 0 Å². The van der Waals surface area contributed by atoms with Crippen molar-refractivity contribution in [3.8, 4) is 0 Å². The Kier molecular flexibility index (Phi) is 5.33. The lowest BCUT2D eigenvalue weighted by atomic mass is 10.0. The lowest BCUT2D eigenvalue weighted by molar-refractivity contribution is -0.143. The molecular formula is C16H22N2O3. The number of carbonyl (C=O) groups is 2. The number of carbonyl (C=O) groups excluding carboxylic acids is 1. The second-order valence-corrected chi connectivity index (χ2v) is 5.61. The number of hydrogen-bond acceptors (Lipinski definition) is 3. The Bertz CT molecular complexity index is 490. The molecular weight excluding hydrogens is 268 g/mol. The fourth-order valence-electron chi connectivity index (χ4n) is 2.83. The largest absolute Gasteiger partial charge is 0.480 e. The van der Waals surface area contributed by atoms with Gasteiger partial charge in [-0.2, -0.15) is 0 Å². The number of nitrogens with zero attached hydrogens (tertiary/aromatic N) is 1. The van der Waals surface area contributed by atoms with E-state index < -0.39 is 12.0 Å². The lowest BCUT2D eigenvalue weighted by Crippen LogP contribution is -2.44. The molecule has 2 unspecified atom stereocenters. The molecule has 2 atom stereocenters. The third kappa shape index (κ3) is 4.29. The van der Waals surface area contributed by atoms with E-state index in [1.165, 1.54) is 5.56 Å². The van der Waals surface area contributed by atoms with Gasteiger partial charge in [-0.15, -0.1) is 0 Å². The van der Waals surface area contributed by atoms with E-state index in [9.17, 15) is 14.7 Å². The standard InChI is InChI=1S/C16H22N2O3/c1-12-8-10-18(15(12)16(20)21)11-14(19)17-9-7-13-5-3-2-4-6-13/h2-6,12,15H,7-11H2,1H3,(H,17,19)(H,20,21). The van der Waals surface area contributed by atoms with Gasteiger partial charge in [0, 0.05) is 6.54 Å². The minimum absolute atomic E-state index is 0.0969. The van der Waals surface area contributed by atoms with Crippen LogP contribution in [0.4, 0.5) is 0 Å². The monoisotopic (exact) mass is 290 g/mol. The fraction of sp³-hybridized carbons (Fsp3) is 0.500. The molecule has 1 aliphatic rings. The first-order chi connectivity index (χ1) is 10.1. The molecule has 5 heteroatoms. The number of hydrogen-bond donors (Lipinski definition) is 2. The Balaban J connectivity index is 1.75. The van der Waals surface area contributed by atoms with Crippen molar-refractivity contribution >= 4 is 11.9 Å². The van der Waals surface area contributed by atoms with E-state index in [0.717, 1.165) is 12.8 Å². The van der Waals surface area contributed by atoms with Crippen molar-refractivity contribution in [1.29, 1.82) is 0 Å². The molecule has 2 rings (SSSR count). The second kappa shape index (κ2) is 7.22. The minimum Gasteiger partial charge on any atom is -0.480 e. The Morgan fingerprint density at radius 1 is 1.33 bits per heavy atom. The normalized spacial score (nSPS) is 22.1. The molecule has 0 radical (unpaired) electrons. The van der Waals surface area contributed by atoms with Gasteiger partial charge >= 0.3 is 5.97 Å². The molecule has 2 N–H and O–H groups in total. The van der Waals surface area contributed by atoms with E-state index >= 15 is 0 Å². The molecule has 1 heterocycles. The molecule has 21 heavy (non-hydrogen) atoms. The first kappa shape index (κ1) is 15.5. The van der Waals surface area contributed by atoms with Gasteiger partial charge in [0.2, 0.25) is 5.91 Å². The minimum atomic E-state index is -0.836. The Labute approximate surface area is 125 Å². The highest BCUT2D eigenvalue weighted by Crippen LogP contribution is 2.23. The van der Waals surface area contributed by atoms with E-state index in [2.05, 4.69) is 5.32 Å². The van der Waals surface area contributed by atoms with Crippen molar-refractivity contribution in [2.24, 2.45) is 5.92 Å². The first-order valence-electron chi connectivity index (χ1n) is 7.35. The third-order valence-electron chi connectivity index (χ3n) is 3.98. The zero-order valence-corrected chi connectivity index (χ0v) is 12.3. The number of benzene rings is 1. The molecule has 1 aromatic carbocycles. The molecule has 0 aromatic heterocycles. The van der Waals surface area contributed by atoms with Gasteiger partial charge in [-0.3, -0.25) is 14.5 Å². The summed E-state index contributed by atoms with van der Waals surface area (Å²) in [5, 5.41) is 12.1. The summed E-state index contributed by atoms with van der Waals surface area (Å²) in [7, 11) is 0. The topological polar surface area (TPSA) is 69.6 Å². The maximum absolute atomic E-state index is 11.9. The molecule has 0 spiro atoms. The lowest BCUT2D eigenvalue weighted by Gasteiger charge is -2.22. The predicted molar refractivity (Wildman–Crippen MR) is 79.9 cm³/mol. The summed E-state index contributed by atoms with van der Waals surface area (Å²) in [6, 6.07) is 9.41. The van der Waals surface area contributed by atoms with Crippen molar-refractivity contribution in [3.05, 3.63) is 35.9 Å². The number of likely N-dealkylation sites (tertiary alicyclic amines) is 1. The predicted octanol–water partition coefficient (Wildman–Crippen LogP) is 1.14. The van der Waals surface area contributed by atoms with Crippen molar-refractivity contribution in [2.75, 3.05) is 19.6 Å². The maximum Gasteiger partial charge on any atom is 0.321 e. The van der Waals surface area contributed by atoms with Gasteiger partial charge in [-0.1, -0.05) is 37.3 Å². The maximum atomic E-state index is 11.9. The van der Waals surface area contributed by atoms with Gasteiger partial charge < -0.3 is 10.4 Å². The van der Waals surface area contributed by atoms with Gasteiger partial charge in [-0.05, 0) is 30.9 Å². The quantitative estimate of drug-likeness (QED) is 0.824. The Morgan fingerprint density at radius 2 is 2.05 bits per heavy atom. The van der Waals surface area contributed by atoms with Crippen LogP contribution in [0.1, 0.15) is 18.9 Å². The Hall–Kier alpha value is -1.88. The second-order valence-electron chi connectivity index (χ2n) is 5.61. The number of carboxylic acid groups (broad SMARTS) is 1. The molecule has 0 saturated carbocycles. The zero-order valence-electron chi connectivity index (χ0n) is 12.3. The van der Waals surface area contributed by atoms with Crippen LogP contribution in [0.25, 0.3) is 0 Å². The SMILES string of the molecule is CC1CCN(CC(=O)NCCc2ccccc2)C1C(=O)O. The highest BCUT2D eigenvalue weighted by atomic mass is 16.4. The van der Waals surface area contributed by atoms with E-state index in [-0.39, 0.29) is 18.4 Å². The number of rotatable bonds is 6. The first-order valence-corrected chi connectivity index (χ1v) is 7.35. The van der Waals surface area contributed by atoms with Crippen molar-refractivity contribution < 1.29 is 14.7 Å². The molecule has 0 bridgehead atoms. The number of aliphatic carboxylic acids is 1. The molecule has 5 nitrogen and oxygen atoms in total.